The van der Waals surface area contributed by atoms with Crippen LogP contribution in [0.25, 0.3) is 11.1 Å². The van der Waals surface area contributed by atoms with Gasteiger partial charge in [0.2, 0.25) is 12.8 Å². The number of carbonyl (C=O) groups is 2. The van der Waals surface area contributed by atoms with Crippen LogP contribution in [0.5, 0.6) is 0 Å². The van der Waals surface area contributed by atoms with E-state index in [1.807, 2.05) is 6.07 Å². The average Bonchev–Trinajstić information content (AvgIpc) is 2.59. The van der Waals surface area contributed by atoms with Gasteiger partial charge in [-0.3, -0.25) is 20.0 Å². The van der Waals surface area contributed by atoms with Crippen molar-refractivity contribution in [3.05, 3.63) is 47.1 Å². The van der Waals surface area contributed by atoms with Gasteiger partial charge in [0.15, 0.2) is 0 Å². The number of hydrazine groups is 1. The number of pyridine rings is 1. The molecule has 0 bridgehead atoms. The lowest BCUT2D eigenvalue weighted by molar-refractivity contribution is -0.113. The number of nitrogens with zero attached hydrogens (tertiary/aromatic N) is 4. The maximum Gasteiger partial charge on any atom is 0.233 e. The summed E-state index contributed by atoms with van der Waals surface area (Å²) in [5.74, 6) is 0. The fourth-order valence-electron chi connectivity index (χ4n) is 1.88. The molecule has 8 nitrogen and oxygen atoms in total. The Morgan fingerprint density at radius 1 is 1.23 bits per heavy atom. The maximum atomic E-state index is 11.0. The van der Waals surface area contributed by atoms with Crippen molar-refractivity contribution in [2.24, 2.45) is 5.18 Å². The number of hydrogen-bond acceptors (Lipinski definition) is 6. The monoisotopic (exact) mass is 295 g/mol. The third-order valence-corrected chi connectivity index (χ3v) is 2.88. The number of anilines is 1. The van der Waals surface area contributed by atoms with Crippen LogP contribution in [-0.4, -0.2) is 17.8 Å². The number of aromatic nitrogens is 1. The predicted octanol–water partition coefficient (Wildman–Crippen LogP) is 1.64. The molecule has 0 unspecified atom stereocenters. The van der Waals surface area contributed by atoms with Gasteiger partial charge in [0, 0.05) is 11.8 Å². The summed E-state index contributed by atoms with van der Waals surface area (Å²) < 4.78 is 0. The van der Waals surface area contributed by atoms with Gasteiger partial charge in [-0.15, -0.1) is 4.91 Å². The number of amides is 2. The summed E-state index contributed by atoms with van der Waals surface area (Å²) in [6, 6.07) is 8.19. The van der Waals surface area contributed by atoms with E-state index in [1.165, 1.54) is 24.5 Å². The number of benzene rings is 1. The third-order valence-electron chi connectivity index (χ3n) is 2.88. The zero-order chi connectivity index (χ0) is 15.9. The van der Waals surface area contributed by atoms with Crippen molar-refractivity contribution in [3.8, 4) is 17.2 Å². The summed E-state index contributed by atoms with van der Waals surface area (Å²) in [6.07, 6.45) is 3.41. The predicted molar refractivity (Wildman–Crippen MR) is 77.6 cm³/mol. The lowest BCUT2D eigenvalue weighted by atomic mass is 10.0. The highest BCUT2D eigenvalue weighted by Gasteiger charge is 2.16. The molecule has 22 heavy (non-hydrogen) atoms. The molecule has 0 aliphatic heterocycles. The first kappa shape index (κ1) is 14.8. The fourth-order valence-corrected chi connectivity index (χ4v) is 1.88. The molecule has 0 fully saturated rings. The minimum Gasteiger partial charge on any atom is -0.277 e. The lowest BCUT2D eigenvalue weighted by Gasteiger charge is -2.17. The Morgan fingerprint density at radius 2 is 1.95 bits per heavy atom. The normalized spacial score (nSPS) is 9.41. The van der Waals surface area contributed by atoms with Crippen LogP contribution in [0.3, 0.4) is 0 Å². The molecule has 1 heterocycles. The van der Waals surface area contributed by atoms with Crippen LogP contribution in [0.1, 0.15) is 5.56 Å². The second-order valence-corrected chi connectivity index (χ2v) is 4.05. The van der Waals surface area contributed by atoms with Crippen LogP contribution in [0.2, 0.25) is 0 Å². The number of hydrogen-bond donors (Lipinski definition) is 1. The number of carbonyl (C=O) groups excluding carboxylic acids is 2. The highest BCUT2D eigenvalue weighted by Crippen LogP contribution is 2.30. The Kier molecular flexibility index (Phi) is 4.52. The molecular formula is C14H9N5O3. The van der Waals surface area contributed by atoms with Crippen molar-refractivity contribution >= 4 is 24.2 Å². The molecule has 0 radical (unpaired) electrons. The molecule has 0 saturated heterocycles. The van der Waals surface area contributed by atoms with Crippen LogP contribution in [-0.2, 0) is 9.59 Å². The average molecular weight is 295 g/mol. The second kappa shape index (κ2) is 6.71. The fraction of sp³-hybridized carbons (Fsp3) is 0. The minimum absolute atomic E-state index is 0.139. The quantitative estimate of drug-likeness (QED) is 0.494. The van der Waals surface area contributed by atoms with Crippen molar-refractivity contribution in [1.82, 2.24) is 10.4 Å². The van der Waals surface area contributed by atoms with E-state index in [-0.39, 0.29) is 16.9 Å². The highest BCUT2D eigenvalue weighted by molar-refractivity contribution is 5.85. The molecule has 0 atom stereocenters. The van der Waals surface area contributed by atoms with E-state index in [1.54, 1.807) is 12.1 Å². The Morgan fingerprint density at radius 3 is 2.50 bits per heavy atom. The summed E-state index contributed by atoms with van der Waals surface area (Å²) >= 11 is 0. The first-order chi connectivity index (χ1) is 10.7. The minimum atomic E-state index is 0.139. The molecule has 0 aliphatic rings. The largest absolute Gasteiger partial charge is 0.277 e. The van der Waals surface area contributed by atoms with Crippen LogP contribution >= 0.6 is 0 Å². The summed E-state index contributed by atoms with van der Waals surface area (Å²) in [5.41, 5.74) is 3.78. The molecule has 2 aromatic rings. The Bertz CT molecular complexity index is 752. The first-order valence-corrected chi connectivity index (χ1v) is 6.01. The first-order valence-electron chi connectivity index (χ1n) is 6.01. The SMILES string of the molecule is N#Cc1c(-c2ccc(N=O)cc2)cncc1N(C=O)NC=O. The van der Waals surface area contributed by atoms with Gasteiger partial charge in [0.25, 0.3) is 0 Å². The van der Waals surface area contributed by atoms with E-state index >= 15 is 0 Å². The standard InChI is InChI=1S/C14H9N5O3/c15-5-12-13(10-1-3-11(18-22)4-2-10)6-16-7-14(12)19(9-21)17-8-20/h1-4,6-9H,(H,17,20). The molecule has 1 aromatic heterocycles. The smallest absolute Gasteiger partial charge is 0.233 e. The zero-order valence-corrected chi connectivity index (χ0v) is 11.1. The zero-order valence-electron chi connectivity index (χ0n) is 11.1. The van der Waals surface area contributed by atoms with Crippen LogP contribution in [0, 0.1) is 16.2 Å². The van der Waals surface area contributed by atoms with Crippen LogP contribution in [0.4, 0.5) is 11.4 Å². The van der Waals surface area contributed by atoms with Gasteiger partial charge < -0.3 is 0 Å². The van der Waals surface area contributed by atoms with Gasteiger partial charge in [-0.2, -0.15) is 5.26 Å². The van der Waals surface area contributed by atoms with E-state index in [0.29, 0.717) is 23.9 Å². The number of nitrogens with one attached hydrogen (secondary N) is 1. The number of nitriles is 1. The maximum absolute atomic E-state index is 11.0. The van der Waals surface area contributed by atoms with Gasteiger partial charge in [0.1, 0.15) is 17.4 Å². The summed E-state index contributed by atoms with van der Waals surface area (Å²) in [4.78, 5) is 35.9. The molecular weight excluding hydrogens is 286 g/mol. The van der Waals surface area contributed by atoms with Gasteiger partial charge >= 0.3 is 0 Å². The van der Waals surface area contributed by atoms with Crippen molar-refractivity contribution in [3.63, 3.8) is 0 Å². The molecule has 108 valence electrons. The molecule has 1 N–H and O–H groups in total. The van der Waals surface area contributed by atoms with Gasteiger partial charge in [-0.25, -0.2) is 5.01 Å². The van der Waals surface area contributed by atoms with Gasteiger partial charge in [-0.1, -0.05) is 12.1 Å². The molecule has 0 saturated carbocycles. The lowest BCUT2D eigenvalue weighted by Crippen LogP contribution is -2.36. The third kappa shape index (κ3) is 2.78. The summed E-state index contributed by atoms with van der Waals surface area (Å²) in [7, 11) is 0. The number of rotatable bonds is 6. The Hall–Kier alpha value is -3.60. The van der Waals surface area contributed by atoms with Gasteiger partial charge in [-0.05, 0) is 22.9 Å². The molecule has 8 heteroatoms. The summed E-state index contributed by atoms with van der Waals surface area (Å²) in [6.45, 7) is 0. The van der Waals surface area contributed by atoms with E-state index in [9.17, 15) is 19.8 Å². The molecule has 1 aromatic carbocycles. The van der Waals surface area contributed by atoms with E-state index < -0.39 is 0 Å². The van der Waals surface area contributed by atoms with Crippen molar-refractivity contribution in [2.45, 2.75) is 0 Å². The molecule has 2 amide bonds. The highest BCUT2D eigenvalue weighted by atomic mass is 16.3. The Labute approximate surface area is 124 Å². The van der Waals surface area contributed by atoms with Crippen molar-refractivity contribution < 1.29 is 9.59 Å². The van der Waals surface area contributed by atoms with E-state index in [2.05, 4.69) is 15.6 Å². The van der Waals surface area contributed by atoms with Crippen LogP contribution in [0.15, 0.2) is 41.8 Å². The molecule has 0 spiro atoms. The number of nitroso groups, excluding NO2 is 1. The van der Waals surface area contributed by atoms with Gasteiger partial charge in [0.05, 0.1) is 11.8 Å². The molecule has 2 rings (SSSR count). The van der Waals surface area contributed by atoms with Crippen LogP contribution < -0.4 is 10.4 Å². The second-order valence-electron chi connectivity index (χ2n) is 4.05. The van der Waals surface area contributed by atoms with Crippen molar-refractivity contribution in [1.29, 1.82) is 5.26 Å². The Balaban J connectivity index is 2.57. The summed E-state index contributed by atoms with van der Waals surface area (Å²) in [5, 5.41) is 13.0. The molecule has 0 aliphatic carbocycles. The van der Waals surface area contributed by atoms with E-state index in [0.717, 1.165) is 5.01 Å². The van der Waals surface area contributed by atoms with E-state index in [4.69, 9.17) is 0 Å². The topological polar surface area (TPSA) is 116 Å². The van der Waals surface area contributed by atoms with Crippen molar-refractivity contribution in [2.75, 3.05) is 5.01 Å².